The Balaban J connectivity index is 1.61. The Morgan fingerprint density at radius 2 is 1.65 bits per heavy atom. The van der Waals surface area contributed by atoms with E-state index < -0.39 is 23.7 Å². The number of amides is 1. The molecule has 3 aromatic carbocycles. The number of aliphatic hydroxyl groups is 1. The summed E-state index contributed by atoms with van der Waals surface area (Å²) in [5.74, 6) is -1.54. The van der Waals surface area contributed by atoms with Crippen molar-refractivity contribution >= 4 is 23.4 Å². The van der Waals surface area contributed by atoms with Gasteiger partial charge in [0.1, 0.15) is 24.7 Å². The SMILES string of the molecule is COc1cccc(C2/C(=C(/O)c3ccc4c(c3)OCCO4)C(=O)C(=O)N2Cc2ccc(C(=O)O)cc2)c1. The van der Waals surface area contributed by atoms with E-state index in [1.54, 1.807) is 54.6 Å². The van der Waals surface area contributed by atoms with E-state index in [2.05, 4.69) is 0 Å². The zero-order valence-corrected chi connectivity index (χ0v) is 19.8. The average molecular weight is 501 g/mol. The number of nitrogens with zero attached hydrogens (tertiary/aromatic N) is 1. The number of ether oxygens (including phenoxy) is 3. The van der Waals surface area contributed by atoms with E-state index in [9.17, 15) is 24.6 Å². The Kier molecular flexibility index (Phi) is 6.27. The Hall–Kier alpha value is -4.79. The van der Waals surface area contributed by atoms with E-state index in [-0.39, 0.29) is 23.4 Å². The van der Waals surface area contributed by atoms with Crippen LogP contribution in [0.25, 0.3) is 5.76 Å². The molecule has 2 N–H and O–H groups in total. The molecule has 1 unspecified atom stereocenters. The van der Waals surface area contributed by atoms with Gasteiger partial charge in [-0.3, -0.25) is 9.59 Å². The van der Waals surface area contributed by atoms with Crippen LogP contribution in [0.15, 0.2) is 72.3 Å². The number of carbonyl (C=O) groups excluding carboxylic acids is 2. The number of aromatic carboxylic acids is 1. The molecule has 3 aromatic rings. The van der Waals surface area contributed by atoms with Crippen LogP contribution in [0.5, 0.6) is 17.2 Å². The van der Waals surface area contributed by atoms with Crippen molar-refractivity contribution < 1.29 is 38.8 Å². The highest BCUT2D eigenvalue weighted by Crippen LogP contribution is 2.42. The highest BCUT2D eigenvalue weighted by molar-refractivity contribution is 6.46. The summed E-state index contributed by atoms with van der Waals surface area (Å²) in [6, 6.07) is 16.9. The van der Waals surface area contributed by atoms with Gasteiger partial charge in [-0.2, -0.15) is 0 Å². The average Bonchev–Trinajstić information content (AvgIpc) is 3.17. The summed E-state index contributed by atoms with van der Waals surface area (Å²) in [6.07, 6.45) is 0. The van der Waals surface area contributed by atoms with Crippen molar-refractivity contribution in [1.82, 2.24) is 4.90 Å². The molecule has 2 aliphatic rings. The molecule has 0 aliphatic carbocycles. The maximum absolute atomic E-state index is 13.3. The number of carboxylic acids is 1. The molecular formula is C28H23NO8. The van der Waals surface area contributed by atoms with E-state index in [1.807, 2.05) is 0 Å². The number of carbonyl (C=O) groups is 3. The number of Topliss-reactive ketones (excluding diaryl/α,β-unsaturated/α-hetero) is 1. The molecule has 0 radical (unpaired) electrons. The van der Waals surface area contributed by atoms with Gasteiger partial charge in [-0.25, -0.2) is 4.79 Å². The molecule has 0 bridgehead atoms. The number of fused-ring (bicyclic) bond motifs is 1. The molecule has 2 heterocycles. The number of hydrogen-bond acceptors (Lipinski definition) is 7. The summed E-state index contributed by atoms with van der Waals surface area (Å²) < 4.78 is 16.5. The minimum atomic E-state index is -1.07. The van der Waals surface area contributed by atoms with E-state index >= 15 is 0 Å². The molecule has 1 atom stereocenters. The van der Waals surface area contributed by atoms with Gasteiger partial charge in [0.15, 0.2) is 11.5 Å². The van der Waals surface area contributed by atoms with Gasteiger partial charge in [0.05, 0.1) is 24.3 Å². The Morgan fingerprint density at radius 3 is 2.35 bits per heavy atom. The normalized spacial score (nSPS) is 18.1. The van der Waals surface area contributed by atoms with Crippen LogP contribution >= 0.6 is 0 Å². The number of methoxy groups -OCH3 is 1. The van der Waals surface area contributed by atoms with Crippen molar-refractivity contribution in [3.63, 3.8) is 0 Å². The predicted octanol–water partition coefficient (Wildman–Crippen LogP) is 3.79. The third-order valence-electron chi connectivity index (χ3n) is 6.32. The van der Waals surface area contributed by atoms with Gasteiger partial charge in [-0.05, 0) is 53.6 Å². The lowest BCUT2D eigenvalue weighted by Crippen LogP contribution is -2.29. The van der Waals surface area contributed by atoms with Crippen molar-refractivity contribution in [2.45, 2.75) is 12.6 Å². The van der Waals surface area contributed by atoms with Crippen LogP contribution in [0, 0.1) is 0 Å². The van der Waals surface area contributed by atoms with Crippen molar-refractivity contribution in [3.05, 3.63) is 94.6 Å². The molecule has 1 amide bonds. The predicted molar refractivity (Wildman–Crippen MR) is 132 cm³/mol. The quantitative estimate of drug-likeness (QED) is 0.297. The third kappa shape index (κ3) is 4.47. The van der Waals surface area contributed by atoms with Gasteiger partial charge in [0, 0.05) is 12.1 Å². The monoisotopic (exact) mass is 501 g/mol. The lowest BCUT2D eigenvalue weighted by Gasteiger charge is -2.26. The number of aliphatic hydroxyl groups excluding tert-OH is 1. The molecule has 188 valence electrons. The zero-order valence-electron chi connectivity index (χ0n) is 19.8. The van der Waals surface area contributed by atoms with Crippen LogP contribution in [-0.2, 0) is 16.1 Å². The maximum atomic E-state index is 13.3. The molecule has 0 saturated carbocycles. The second kappa shape index (κ2) is 9.69. The molecule has 37 heavy (non-hydrogen) atoms. The standard InChI is InChI=1S/C28H23NO8/c1-35-20-4-2-3-18(13-20)24-23(25(30)19-9-10-21-22(14-19)37-12-11-36-21)26(31)27(32)29(24)15-16-5-7-17(8-6-16)28(33)34/h2-10,13-14,24,30H,11-12,15H2,1H3,(H,33,34)/b25-23-. The van der Waals surface area contributed by atoms with Crippen LogP contribution < -0.4 is 14.2 Å². The molecule has 2 aliphatic heterocycles. The van der Waals surface area contributed by atoms with Crippen molar-refractivity contribution in [2.24, 2.45) is 0 Å². The Bertz CT molecular complexity index is 1430. The van der Waals surface area contributed by atoms with E-state index in [1.165, 1.54) is 24.1 Å². The summed E-state index contributed by atoms with van der Waals surface area (Å²) in [5, 5.41) is 20.5. The van der Waals surface area contributed by atoms with Crippen molar-refractivity contribution in [2.75, 3.05) is 20.3 Å². The van der Waals surface area contributed by atoms with E-state index in [0.717, 1.165) is 0 Å². The number of rotatable bonds is 6. The minimum Gasteiger partial charge on any atom is -0.507 e. The van der Waals surface area contributed by atoms with Crippen LogP contribution in [0.4, 0.5) is 0 Å². The summed E-state index contributed by atoms with van der Waals surface area (Å²) in [5.41, 5.74) is 1.53. The first-order chi connectivity index (χ1) is 17.9. The van der Waals surface area contributed by atoms with E-state index in [0.29, 0.717) is 47.2 Å². The first-order valence-electron chi connectivity index (χ1n) is 11.5. The first-order valence-corrected chi connectivity index (χ1v) is 11.5. The molecular weight excluding hydrogens is 478 g/mol. The second-order valence-corrected chi connectivity index (χ2v) is 8.56. The minimum absolute atomic E-state index is 0.0181. The number of ketones is 1. The molecule has 5 rings (SSSR count). The Labute approximate surface area is 212 Å². The summed E-state index contributed by atoms with van der Waals surface area (Å²) in [7, 11) is 1.51. The van der Waals surface area contributed by atoms with Gasteiger partial charge in [0.2, 0.25) is 0 Å². The van der Waals surface area contributed by atoms with Crippen molar-refractivity contribution in [3.8, 4) is 17.2 Å². The van der Waals surface area contributed by atoms with E-state index in [4.69, 9.17) is 14.2 Å². The molecule has 1 fully saturated rings. The zero-order chi connectivity index (χ0) is 26.1. The fraction of sp³-hybridized carbons (Fsp3) is 0.179. The van der Waals surface area contributed by atoms with Gasteiger partial charge >= 0.3 is 5.97 Å². The van der Waals surface area contributed by atoms with Crippen molar-refractivity contribution in [1.29, 1.82) is 0 Å². The molecule has 0 spiro atoms. The number of carboxylic acid groups (broad SMARTS) is 1. The Morgan fingerprint density at radius 1 is 0.946 bits per heavy atom. The number of hydrogen-bond donors (Lipinski definition) is 2. The fourth-order valence-corrected chi connectivity index (χ4v) is 4.50. The molecule has 9 heteroatoms. The number of likely N-dealkylation sites (tertiary alicyclic amines) is 1. The lowest BCUT2D eigenvalue weighted by molar-refractivity contribution is -0.140. The highest BCUT2D eigenvalue weighted by Gasteiger charge is 2.46. The molecule has 0 aromatic heterocycles. The van der Waals surface area contributed by atoms with Crippen LogP contribution in [0.2, 0.25) is 0 Å². The first kappa shape index (κ1) is 23.9. The topological polar surface area (TPSA) is 123 Å². The summed E-state index contributed by atoms with van der Waals surface area (Å²) in [6.45, 7) is 0.781. The fourth-order valence-electron chi connectivity index (χ4n) is 4.50. The third-order valence-corrected chi connectivity index (χ3v) is 6.32. The summed E-state index contributed by atoms with van der Waals surface area (Å²) in [4.78, 5) is 39.2. The smallest absolute Gasteiger partial charge is 0.335 e. The van der Waals surface area contributed by atoms with Gasteiger partial charge in [-0.1, -0.05) is 24.3 Å². The summed E-state index contributed by atoms with van der Waals surface area (Å²) >= 11 is 0. The molecule has 1 saturated heterocycles. The lowest BCUT2D eigenvalue weighted by atomic mass is 9.94. The van der Waals surface area contributed by atoms with Gasteiger partial charge < -0.3 is 29.3 Å². The van der Waals surface area contributed by atoms with Gasteiger partial charge in [0.25, 0.3) is 11.7 Å². The highest BCUT2D eigenvalue weighted by atomic mass is 16.6. The van der Waals surface area contributed by atoms with Gasteiger partial charge in [-0.15, -0.1) is 0 Å². The largest absolute Gasteiger partial charge is 0.507 e. The number of benzene rings is 3. The van der Waals surface area contributed by atoms with Crippen LogP contribution in [0.3, 0.4) is 0 Å². The van der Waals surface area contributed by atoms with Crippen LogP contribution in [0.1, 0.15) is 33.1 Å². The maximum Gasteiger partial charge on any atom is 0.335 e. The molecule has 9 nitrogen and oxygen atoms in total. The second-order valence-electron chi connectivity index (χ2n) is 8.56. The van der Waals surface area contributed by atoms with Crippen LogP contribution in [-0.4, -0.2) is 53.1 Å².